The molecule has 0 bridgehead atoms. The van der Waals surface area contributed by atoms with Gasteiger partial charge in [0.1, 0.15) is 0 Å². The zero-order valence-electron chi connectivity index (χ0n) is 14.6. The molecule has 23 heteroatoms. The van der Waals surface area contributed by atoms with Gasteiger partial charge in [0.2, 0.25) is 0 Å². The van der Waals surface area contributed by atoms with Gasteiger partial charge in [-0.3, -0.25) is 0 Å². The highest BCUT2D eigenvalue weighted by Crippen LogP contribution is 2.62. The minimum Gasteiger partial charge on any atom is -0.374 e. The summed E-state index contributed by atoms with van der Waals surface area (Å²) in [7, 11) is -6.72. The van der Waals surface area contributed by atoms with Gasteiger partial charge in [-0.25, -0.2) is 12.6 Å². The van der Waals surface area contributed by atoms with Crippen molar-refractivity contribution in [2.24, 2.45) is 0 Å². The molecule has 0 aromatic rings. The van der Waals surface area contributed by atoms with E-state index >= 15 is 0 Å². The van der Waals surface area contributed by atoms with E-state index in [1.807, 2.05) is 0 Å². The molecule has 0 radical (unpaired) electrons. The summed E-state index contributed by atoms with van der Waals surface area (Å²) in [5.41, 5.74) is 0. The van der Waals surface area contributed by atoms with E-state index in [1.165, 1.54) is 0 Å². The molecule has 33 heavy (non-hydrogen) atoms. The average molecular weight is 628 g/mol. The fourth-order valence-electron chi connectivity index (χ4n) is 1.81. The van der Waals surface area contributed by atoms with Crippen molar-refractivity contribution in [3.8, 4) is 0 Å². The Kier molecular flexibility index (Phi) is 9.20. The van der Waals surface area contributed by atoms with Gasteiger partial charge in [0.15, 0.2) is 6.67 Å². The molecule has 0 spiro atoms. The van der Waals surface area contributed by atoms with E-state index in [0.717, 1.165) is 0 Å². The number of rotatable bonds is 12. The maximum atomic E-state index is 13.5. The van der Waals surface area contributed by atoms with Crippen LogP contribution in [0.25, 0.3) is 0 Å². The summed E-state index contributed by atoms with van der Waals surface area (Å²) in [6.07, 6.45) is -8.06. The van der Waals surface area contributed by atoms with E-state index in [-0.39, 0.29) is 0 Å². The van der Waals surface area contributed by atoms with Gasteiger partial charge in [-0.2, -0.15) is 61.5 Å². The maximum absolute atomic E-state index is 13.5. The predicted molar refractivity (Wildman–Crippen MR) is 82.4 cm³/mol. The highest BCUT2D eigenvalue weighted by molar-refractivity contribution is 7.62. The predicted octanol–water partition coefficient (Wildman–Crippen LogP) is 7.84. The zero-order chi connectivity index (χ0) is 27.3. The van der Waals surface area contributed by atoms with Crippen molar-refractivity contribution in [3.63, 3.8) is 0 Å². The summed E-state index contributed by atoms with van der Waals surface area (Å²) in [6.45, 7) is -3.89. The van der Waals surface area contributed by atoms with Crippen LogP contribution in [0.5, 0.6) is 0 Å². The lowest BCUT2D eigenvalue weighted by Gasteiger charge is -2.42. The van der Waals surface area contributed by atoms with Crippen LogP contribution in [0.2, 0.25) is 6.04 Å². The summed E-state index contributed by atoms with van der Waals surface area (Å²) >= 11 is 14.5. The van der Waals surface area contributed by atoms with Gasteiger partial charge in [-0.15, -0.1) is 0 Å². The molecule has 200 valence electrons. The molecule has 0 rings (SSSR count). The van der Waals surface area contributed by atoms with Crippen molar-refractivity contribution in [2.75, 3.05) is 6.67 Å². The second-order valence-electron chi connectivity index (χ2n) is 6.10. The van der Waals surface area contributed by atoms with Crippen LogP contribution in [-0.2, 0) is 4.12 Å². The lowest BCUT2D eigenvalue weighted by Crippen LogP contribution is -2.73. The Morgan fingerprint density at radius 1 is 0.545 bits per heavy atom. The molecule has 0 aliphatic rings. The second kappa shape index (κ2) is 9.18. The topological polar surface area (TPSA) is 9.23 Å². The van der Waals surface area contributed by atoms with Crippen LogP contribution in [0.15, 0.2) is 0 Å². The molecule has 0 aliphatic carbocycles. The third kappa shape index (κ3) is 5.91. The van der Waals surface area contributed by atoms with Crippen molar-refractivity contribution >= 4 is 48.5 Å². The monoisotopic (exact) mass is 626 g/mol. The number of hydrogen-bond donors (Lipinski definition) is 0. The van der Waals surface area contributed by atoms with Crippen LogP contribution in [0.4, 0.5) is 74.1 Å². The van der Waals surface area contributed by atoms with Crippen LogP contribution >= 0.6 is 33.2 Å². The first kappa shape index (κ1) is 33.1. The number of hydrogen-bond acceptors (Lipinski definition) is 1. The fraction of sp³-hybridized carbons (Fsp3) is 1.00. The molecule has 0 aromatic heterocycles. The Hall–Kier alpha value is 0.0738. The van der Waals surface area contributed by atoms with Crippen molar-refractivity contribution in [3.05, 3.63) is 0 Å². The molecule has 0 amide bonds. The van der Waals surface area contributed by atoms with Gasteiger partial charge >= 0.3 is 56.7 Å². The molecule has 0 heterocycles. The van der Waals surface area contributed by atoms with Crippen molar-refractivity contribution in [1.82, 2.24) is 0 Å². The quantitative estimate of drug-likeness (QED) is 0.122. The highest BCUT2D eigenvalue weighted by atomic mass is 35.8. The Morgan fingerprint density at radius 2 is 0.848 bits per heavy atom. The number of halogens is 20. The fourth-order valence-corrected chi connectivity index (χ4v) is 7.23. The van der Waals surface area contributed by atoms with Crippen molar-refractivity contribution in [2.45, 2.75) is 53.9 Å². The molecular weight excluding hydrogens is 622 g/mol. The standard InChI is InChI=1S/C10H6Cl3F17OSi2/c11-33(12,13)31-32(29,30)2-1-4(15,16)6(19,20)8(23,24)10(27,28)9(25,26)7(21,22)5(17,18)3-14/h1-3H2. The van der Waals surface area contributed by atoms with Gasteiger partial charge < -0.3 is 4.12 Å². The molecule has 0 N–H and O–H groups in total. The van der Waals surface area contributed by atoms with Crippen LogP contribution in [0, 0.1) is 0 Å². The first-order chi connectivity index (χ1) is 14.0. The van der Waals surface area contributed by atoms with E-state index in [4.69, 9.17) is 33.2 Å². The van der Waals surface area contributed by atoms with Crippen molar-refractivity contribution in [1.29, 1.82) is 0 Å². The van der Waals surface area contributed by atoms with Crippen molar-refractivity contribution < 1.29 is 78.2 Å². The molecule has 0 aromatic carbocycles. The zero-order valence-corrected chi connectivity index (χ0v) is 18.9. The van der Waals surface area contributed by atoms with Crippen LogP contribution in [-0.4, -0.2) is 63.4 Å². The van der Waals surface area contributed by atoms with E-state index in [9.17, 15) is 74.1 Å². The Bertz CT molecular complexity index is 695. The first-order valence-electron chi connectivity index (χ1n) is 7.33. The van der Waals surface area contributed by atoms with E-state index < -0.39 is 75.8 Å². The first-order valence-corrected chi connectivity index (χ1v) is 14.1. The van der Waals surface area contributed by atoms with Gasteiger partial charge in [-0.1, -0.05) is 33.2 Å². The Labute approximate surface area is 187 Å². The Balaban J connectivity index is 6.27. The SMILES string of the molecule is FCC(F)(F)C(F)(F)C(F)(F)C(F)(F)C(F)(F)C(F)(F)C(F)(F)CC[Si](F)(F)O[Si](Cl)(Cl)Cl. The Morgan fingerprint density at radius 3 is 1.15 bits per heavy atom. The summed E-state index contributed by atoms with van der Waals surface area (Å²) in [4.78, 5) is 0. The molecule has 0 saturated heterocycles. The molecule has 0 unspecified atom stereocenters. The number of alkyl halides is 15. The van der Waals surface area contributed by atoms with Gasteiger partial charge in [-0.05, 0) is 0 Å². The lowest BCUT2D eigenvalue weighted by atomic mass is 9.89. The minimum atomic E-state index is -8.42. The third-order valence-corrected chi connectivity index (χ3v) is 8.69. The highest BCUT2D eigenvalue weighted by Gasteiger charge is 2.92. The molecular formula is C10H6Cl3F17OSi2. The smallest absolute Gasteiger partial charge is 0.374 e. The summed E-state index contributed by atoms with van der Waals surface area (Å²) < 4.78 is 228. The van der Waals surface area contributed by atoms with Gasteiger partial charge in [0.25, 0.3) is 0 Å². The van der Waals surface area contributed by atoms with Crippen LogP contribution in [0.3, 0.4) is 0 Å². The minimum absolute atomic E-state index is 2.66. The second-order valence-corrected chi connectivity index (χ2v) is 16.1. The van der Waals surface area contributed by atoms with Crippen LogP contribution < -0.4 is 0 Å². The largest absolute Gasteiger partial charge is 0.570 e. The van der Waals surface area contributed by atoms with Gasteiger partial charge in [0, 0.05) is 12.5 Å². The van der Waals surface area contributed by atoms with E-state index in [0.29, 0.717) is 0 Å². The molecule has 0 atom stereocenters. The van der Waals surface area contributed by atoms with Crippen LogP contribution in [0.1, 0.15) is 6.42 Å². The summed E-state index contributed by atoms with van der Waals surface area (Å²) in [5, 5.41) is 0. The van der Waals surface area contributed by atoms with E-state index in [2.05, 4.69) is 4.12 Å². The molecule has 0 aliphatic heterocycles. The summed E-state index contributed by atoms with van der Waals surface area (Å²) in [5.74, 6) is -54.3. The molecule has 0 saturated carbocycles. The maximum Gasteiger partial charge on any atom is 0.570 e. The lowest BCUT2D eigenvalue weighted by molar-refractivity contribution is -0.441. The molecule has 0 fully saturated rings. The summed E-state index contributed by atoms with van der Waals surface area (Å²) in [6, 6.07) is -2.66. The molecule has 1 nitrogen and oxygen atoms in total. The third-order valence-electron chi connectivity index (χ3n) is 3.66. The van der Waals surface area contributed by atoms with E-state index in [1.54, 1.807) is 0 Å². The normalized spacial score (nSPS) is 16.4. The average Bonchev–Trinajstić information content (AvgIpc) is 2.57. The van der Waals surface area contributed by atoms with Gasteiger partial charge in [0.05, 0.1) is 0 Å².